The van der Waals surface area contributed by atoms with Gasteiger partial charge in [-0.1, -0.05) is 13.3 Å². The normalized spacial score (nSPS) is 15.9. The number of unbranched alkanes of at least 4 members (excludes halogenated alkanes) is 1. The molecule has 4 heteroatoms. The third-order valence-corrected chi connectivity index (χ3v) is 3.17. The standard InChI is InChI=1S/C13H22N4/c1-2-3-7-14-12-10-13(16-11-15-12)17-8-5-4-6-9-17/h10-11H,2-9H2,1H3,(H,14,15,16). The lowest BCUT2D eigenvalue weighted by Crippen LogP contribution is -2.30. The highest BCUT2D eigenvalue weighted by Crippen LogP contribution is 2.18. The Morgan fingerprint density at radius 3 is 2.82 bits per heavy atom. The summed E-state index contributed by atoms with van der Waals surface area (Å²) in [4.78, 5) is 11.0. The Morgan fingerprint density at radius 1 is 1.24 bits per heavy atom. The average molecular weight is 234 g/mol. The largest absolute Gasteiger partial charge is 0.370 e. The molecule has 0 saturated carbocycles. The number of aromatic nitrogens is 2. The van der Waals surface area contributed by atoms with Gasteiger partial charge in [-0.3, -0.25) is 0 Å². The monoisotopic (exact) mass is 234 g/mol. The van der Waals surface area contributed by atoms with Crippen molar-refractivity contribution in [3.8, 4) is 0 Å². The van der Waals surface area contributed by atoms with Gasteiger partial charge in [0.1, 0.15) is 18.0 Å². The highest BCUT2D eigenvalue weighted by Gasteiger charge is 2.12. The van der Waals surface area contributed by atoms with Crippen molar-refractivity contribution in [1.29, 1.82) is 0 Å². The Bertz CT molecular complexity index is 334. The molecule has 1 aliphatic heterocycles. The quantitative estimate of drug-likeness (QED) is 0.795. The third kappa shape index (κ3) is 3.58. The Labute approximate surface area is 103 Å². The molecule has 0 radical (unpaired) electrons. The smallest absolute Gasteiger partial charge is 0.134 e. The van der Waals surface area contributed by atoms with Crippen LogP contribution in [0.3, 0.4) is 0 Å². The van der Waals surface area contributed by atoms with Crippen LogP contribution in [0.4, 0.5) is 11.6 Å². The van der Waals surface area contributed by atoms with Gasteiger partial charge in [-0.25, -0.2) is 9.97 Å². The van der Waals surface area contributed by atoms with Gasteiger partial charge in [-0.2, -0.15) is 0 Å². The van der Waals surface area contributed by atoms with Gasteiger partial charge in [0, 0.05) is 25.7 Å². The Hall–Kier alpha value is -1.32. The molecule has 0 bridgehead atoms. The van der Waals surface area contributed by atoms with Gasteiger partial charge in [0.25, 0.3) is 0 Å². The SMILES string of the molecule is CCCCNc1cc(N2CCCCC2)ncn1. The fraction of sp³-hybridized carbons (Fsp3) is 0.692. The van der Waals surface area contributed by atoms with Gasteiger partial charge in [0.15, 0.2) is 0 Å². The zero-order chi connectivity index (χ0) is 11.9. The average Bonchev–Trinajstić information content (AvgIpc) is 2.41. The first-order chi connectivity index (χ1) is 8.40. The molecular weight excluding hydrogens is 212 g/mol. The summed E-state index contributed by atoms with van der Waals surface area (Å²) in [7, 11) is 0. The molecule has 1 N–H and O–H groups in total. The van der Waals surface area contributed by atoms with Crippen molar-refractivity contribution < 1.29 is 0 Å². The highest BCUT2D eigenvalue weighted by molar-refractivity contribution is 5.48. The van der Waals surface area contributed by atoms with Crippen molar-refractivity contribution in [2.24, 2.45) is 0 Å². The van der Waals surface area contributed by atoms with Gasteiger partial charge in [0.2, 0.25) is 0 Å². The van der Waals surface area contributed by atoms with Crippen LogP contribution in [-0.4, -0.2) is 29.6 Å². The van der Waals surface area contributed by atoms with Crippen LogP contribution >= 0.6 is 0 Å². The minimum absolute atomic E-state index is 0.953. The first-order valence-electron chi connectivity index (χ1n) is 6.71. The maximum atomic E-state index is 4.37. The Kier molecular flexibility index (Phi) is 4.59. The van der Waals surface area contributed by atoms with Crippen LogP contribution in [0.25, 0.3) is 0 Å². The lowest BCUT2D eigenvalue weighted by Gasteiger charge is -2.27. The number of piperidine rings is 1. The van der Waals surface area contributed by atoms with Crippen molar-refractivity contribution in [1.82, 2.24) is 9.97 Å². The van der Waals surface area contributed by atoms with Crippen LogP contribution in [0.15, 0.2) is 12.4 Å². The highest BCUT2D eigenvalue weighted by atomic mass is 15.2. The molecule has 1 fully saturated rings. The molecule has 0 aliphatic carbocycles. The zero-order valence-electron chi connectivity index (χ0n) is 10.7. The van der Waals surface area contributed by atoms with E-state index in [0.29, 0.717) is 0 Å². The van der Waals surface area contributed by atoms with Gasteiger partial charge in [-0.05, 0) is 25.7 Å². The molecule has 0 aromatic carbocycles. The van der Waals surface area contributed by atoms with Crippen molar-refractivity contribution in [2.75, 3.05) is 29.9 Å². The third-order valence-electron chi connectivity index (χ3n) is 3.17. The lowest BCUT2D eigenvalue weighted by atomic mass is 10.1. The fourth-order valence-electron chi connectivity index (χ4n) is 2.13. The molecule has 0 spiro atoms. The molecule has 1 aromatic rings. The predicted octanol–water partition coefficient (Wildman–Crippen LogP) is 2.68. The number of nitrogens with zero attached hydrogens (tertiary/aromatic N) is 3. The summed E-state index contributed by atoms with van der Waals surface area (Å²) < 4.78 is 0. The molecule has 94 valence electrons. The summed E-state index contributed by atoms with van der Waals surface area (Å²) in [6, 6.07) is 2.07. The van der Waals surface area contributed by atoms with E-state index in [1.165, 1.54) is 32.1 Å². The second kappa shape index (κ2) is 6.42. The van der Waals surface area contributed by atoms with Crippen LogP contribution in [-0.2, 0) is 0 Å². The first kappa shape index (κ1) is 12.1. The molecule has 2 rings (SSSR count). The van der Waals surface area contributed by atoms with Crippen LogP contribution in [0.2, 0.25) is 0 Å². The van der Waals surface area contributed by atoms with E-state index in [9.17, 15) is 0 Å². The molecule has 0 unspecified atom stereocenters. The van der Waals surface area contributed by atoms with Crippen LogP contribution < -0.4 is 10.2 Å². The molecule has 1 aromatic heterocycles. The number of anilines is 2. The number of rotatable bonds is 5. The molecule has 2 heterocycles. The summed E-state index contributed by atoms with van der Waals surface area (Å²) in [5, 5.41) is 3.35. The molecule has 17 heavy (non-hydrogen) atoms. The summed E-state index contributed by atoms with van der Waals surface area (Å²) in [6.45, 7) is 5.45. The van der Waals surface area contributed by atoms with E-state index in [1.807, 2.05) is 0 Å². The number of hydrogen-bond acceptors (Lipinski definition) is 4. The molecular formula is C13H22N4. The van der Waals surface area contributed by atoms with E-state index < -0.39 is 0 Å². The van der Waals surface area contributed by atoms with E-state index in [1.54, 1.807) is 6.33 Å². The Balaban J connectivity index is 1.95. The van der Waals surface area contributed by atoms with E-state index in [2.05, 4.69) is 33.2 Å². The maximum absolute atomic E-state index is 4.37. The molecule has 1 saturated heterocycles. The van der Waals surface area contributed by atoms with Crippen LogP contribution in [0.5, 0.6) is 0 Å². The van der Waals surface area contributed by atoms with Crippen LogP contribution in [0, 0.1) is 0 Å². The lowest BCUT2D eigenvalue weighted by molar-refractivity contribution is 0.573. The topological polar surface area (TPSA) is 41.0 Å². The van der Waals surface area contributed by atoms with Gasteiger partial charge in [-0.15, -0.1) is 0 Å². The van der Waals surface area contributed by atoms with E-state index in [4.69, 9.17) is 0 Å². The van der Waals surface area contributed by atoms with Crippen LogP contribution in [0.1, 0.15) is 39.0 Å². The minimum atomic E-state index is 0.953. The first-order valence-corrected chi connectivity index (χ1v) is 6.71. The zero-order valence-corrected chi connectivity index (χ0v) is 10.7. The van der Waals surface area contributed by atoms with Crippen molar-refractivity contribution in [3.63, 3.8) is 0 Å². The van der Waals surface area contributed by atoms with Crippen molar-refractivity contribution in [2.45, 2.75) is 39.0 Å². The molecule has 4 nitrogen and oxygen atoms in total. The summed E-state index contributed by atoms with van der Waals surface area (Å²) in [5.74, 6) is 2.02. The van der Waals surface area contributed by atoms with Crippen molar-refractivity contribution >= 4 is 11.6 Å². The summed E-state index contributed by atoms with van der Waals surface area (Å²) in [5.41, 5.74) is 0. The fourth-order valence-corrected chi connectivity index (χ4v) is 2.13. The Morgan fingerprint density at radius 2 is 2.06 bits per heavy atom. The second-order valence-electron chi connectivity index (χ2n) is 4.59. The van der Waals surface area contributed by atoms with Crippen molar-refractivity contribution in [3.05, 3.63) is 12.4 Å². The second-order valence-corrected chi connectivity index (χ2v) is 4.59. The molecule has 1 aliphatic rings. The van der Waals surface area contributed by atoms with E-state index in [0.717, 1.165) is 31.3 Å². The number of hydrogen-bond donors (Lipinski definition) is 1. The van der Waals surface area contributed by atoms with Gasteiger partial charge < -0.3 is 10.2 Å². The van der Waals surface area contributed by atoms with Gasteiger partial charge >= 0.3 is 0 Å². The predicted molar refractivity (Wildman–Crippen MR) is 71.5 cm³/mol. The van der Waals surface area contributed by atoms with Gasteiger partial charge in [0.05, 0.1) is 0 Å². The van der Waals surface area contributed by atoms with E-state index in [-0.39, 0.29) is 0 Å². The minimum Gasteiger partial charge on any atom is -0.370 e. The molecule has 0 atom stereocenters. The summed E-state index contributed by atoms with van der Waals surface area (Å²) in [6.07, 6.45) is 7.97. The molecule has 0 amide bonds. The van der Waals surface area contributed by atoms with E-state index >= 15 is 0 Å². The number of nitrogens with one attached hydrogen (secondary N) is 1. The maximum Gasteiger partial charge on any atom is 0.134 e. The summed E-state index contributed by atoms with van der Waals surface area (Å²) >= 11 is 0.